The van der Waals surface area contributed by atoms with Gasteiger partial charge in [-0.3, -0.25) is 33.8 Å². The van der Waals surface area contributed by atoms with Gasteiger partial charge in [-0.15, -0.1) is 0 Å². The third kappa shape index (κ3) is 13.7. The van der Waals surface area contributed by atoms with Gasteiger partial charge in [-0.2, -0.15) is 13.2 Å². The first-order chi connectivity index (χ1) is 35.0. The Bertz CT molecular complexity index is 2600. The Labute approximate surface area is 421 Å². The number of rotatable bonds is 26. The van der Waals surface area contributed by atoms with E-state index in [0.29, 0.717) is 50.8 Å². The maximum absolute atomic E-state index is 13.9. The number of alkyl halides is 3. The van der Waals surface area contributed by atoms with E-state index in [1.807, 2.05) is 6.07 Å². The minimum Gasteiger partial charge on any atom is -0.380 e. The van der Waals surface area contributed by atoms with Crippen LogP contribution in [0.25, 0.3) is 10.9 Å². The number of hydrogen-bond donors (Lipinski definition) is 5. The quantitative estimate of drug-likeness (QED) is 0.0449. The van der Waals surface area contributed by atoms with Gasteiger partial charge in [0.2, 0.25) is 23.6 Å². The minimum absolute atomic E-state index is 0.0970. The molecule has 6 atom stereocenters. The summed E-state index contributed by atoms with van der Waals surface area (Å²) in [6.07, 6.45) is 3.18. The van der Waals surface area contributed by atoms with Crippen molar-refractivity contribution < 1.29 is 46.6 Å². The number of hydrogen-bond acceptors (Lipinski definition) is 16. The van der Waals surface area contributed by atoms with Crippen LogP contribution in [0.15, 0.2) is 58.6 Å². The third-order valence-corrected chi connectivity index (χ3v) is 14.0. The molecule has 1 saturated carbocycles. The summed E-state index contributed by atoms with van der Waals surface area (Å²) in [6, 6.07) is 5.57. The number of anilines is 3. The Hall–Kier alpha value is -6.30. The van der Waals surface area contributed by atoms with Crippen LogP contribution >= 0.6 is 0 Å². The van der Waals surface area contributed by atoms with Crippen LogP contribution in [0.2, 0.25) is 0 Å². The molecule has 2 aliphatic heterocycles. The summed E-state index contributed by atoms with van der Waals surface area (Å²) in [6.45, 7) is 7.00. The van der Waals surface area contributed by atoms with Crippen molar-refractivity contribution in [2.45, 2.75) is 101 Å². The Kier molecular flexibility index (Phi) is 18.7. The fraction of sp³-hybridized carbons (Fsp3) is 0.580. The highest BCUT2D eigenvalue weighted by molar-refractivity contribution is 5.93. The molecule has 73 heavy (non-hydrogen) atoms. The molecule has 2 aromatic heterocycles. The largest absolute Gasteiger partial charge is 0.416 e. The highest BCUT2D eigenvalue weighted by Crippen LogP contribution is 2.37. The van der Waals surface area contributed by atoms with Gasteiger partial charge in [-0.05, 0) is 82.8 Å². The lowest BCUT2D eigenvalue weighted by Crippen LogP contribution is -2.58. The van der Waals surface area contributed by atoms with Gasteiger partial charge in [-0.1, -0.05) is 6.07 Å². The third-order valence-electron chi connectivity index (χ3n) is 14.0. The van der Waals surface area contributed by atoms with Crippen LogP contribution in [0.5, 0.6) is 0 Å². The van der Waals surface area contributed by atoms with Gasteiger partial charge >= 0.3 is 6.18 Å². The Morgan fingerprint density at radius 2 is 1.60 bits per heavy atom. The number of nitrogens with zero attached hydrogens (tertiary/aromatic N) is 6. The van der Waals surface area contributed by atoms with E-state index in [-0.39, 0.29) is 129 Å². The topological polar surface area (TPSA) is 239 Å². The van der Waals surface area contributed by atoms with E-state index < -0.39 is 40.6 Å². The first-order valence-electron chi connectivity index (χ1n) is 24.9. The summed E-state index contributed by atoms with van der Waals surface area (Å²) < 4.78 is 57.5. The van der Waals surface area contributed by atoms with Gasteiger partial charge in [0.05, 0.1) is 74.8 Å². The summed E-state index contributed by atoms with van der Waals surface area (Å²) in [5.74, 6) is -1.17. The van der Waals surface area contributed by atoms with Gasteiger partial charge < -0.3 is 55.5 Å². The molecule has 0 bridgehead atoms. The predicted molar refractivity (Wildman–Crippen MR) is 265 cm³/mol. The van der Waals surface area contributed by atoms with Crippen LogP contribution in [0.1, 0.15) is 76.0 Å². The molecule has 23 heteroatoms. The van der Waals surface area contributed by atoms with E-state index in [2.05, 4.69) is 67.3 Å². The first kappa shape index (κ1) is 54.5. The molecule has 3 aliphatic rings. The van der Waals surface area contributed by atoms with Crippen molar-refractivity contribution in [1.82, 2.24) is 40.3 Å². The molecule has 5 N–H and O–H groups in total. The van der Waals surface area contributed by atoms with Crippen LogP contribution < -0.4 is 37.4 Å². The Morgan fingerprint density at radius 3 is 2.30 bits per heavy atom. The van der Waals surface area contributed by atoms with Gasteiger partial charge in [0.15, 0.2) is 0 Å². The van der Waals surface area contributed by atoms with Crippen LogP contribution in [-0.2, 0) is 39.6 Å². The lowest BCUT2D eigenvalue weighted by Gasteiger charge is -2.44. The average molecular weight is 1020 g/mol. The molecule has 3 fully saturated rings. The number of fused-ring (bicyclic) bond motifs is 1. The summed E-state index contributed by atoms with van der Waals surface area (Å²) >= 11 is 0. The number of aromatic nitrogens is 3. The predicted octanol–water partition coefficient (Wildman–Crippen LogP) is 3.09. The summed E-state index contributed by atoms with van der Waals surface area (Å²) in [5.41, 5.74) is -0.600. The lowest BCUT2D eigenvalue weighted by atomic mass is 9.84. The number of nitrogens with one attached hydrogen (secondary N) is 5. The number of carbonyl (C=O) groups is 4. The summed E-state index contributed by atoms with van der Waals surface area (Å²) in [5, 5.41) is 15.3. The molecular weight excluding hydrogens is 956 g/mol. The highest BCUT2D eigenvalue weighted by Gasteiger charge is 2.44. The SMILES string of the molecule is CC(C)N(C)[C@@H]1CC[C@H](N2CC[C@H](Nc3ncnc4ccc(C(F)(F)F)cc34)C2=O)[C@H](NC(=O)CCOCCOCCOCCNc2c(NCCCNC(=O)[C@H]3CC(=O)N(C)[C@@H]3c3cccnc3)c(=O)c2=O)C1. The minimum atomic E-state index is -4.56. The molecule has 4 amide bonds. The summed E-state index contributed by atoms with van der Waals surface area (Å²) in [7, 11) is 3.73. The van der Waals surface area contributed by atoms with Crippen LogP contribution in [0, 0.1) is 5.92 Å². The average Bonchev–Trinajstić information content (AvgIpc) is 3.89. The zero-order valence-electron chi connectivity index (χ0n) is 41.7. The van der Waals surface area contributed by atoms with E-state index in [1.165, 1.54) is 12.4 Å². The number of carbonyl (C=O) groups excluding carboxylic acids is 4. The fourth-order valence-corrected chi connectivity index (χ4v) is 9.85. The van der Waals surface area contributed by atoms with Crippen molar-refractivity contribution in [2.24, 2.45) is 5.92 Å². The molecule has 4 heterocycles. The zero-order valence-corrected chi connectivity index (χ0v) is 41.7. The molecule has 2 saturated heterocycles. The van der Waals surface area contributed by atoms with Crippen LogP contribution in [-0.4, -0.2) is 163 Å². The van der Waals surface area contributed by atoms with E-state index in [1.54, 1.807) is 35.3 Å². The fourth-order valence-electron chi connectivity index (χ4n) is 9.85. The highest BCUT2D eigenvalue weighted by atomic mass is 19.4. The van der Waals surface area contributed by atoms with Crippen molar-refractivity contribution in [3.63, 3.8) is 0 Å². The van der Waals surface area contributed by atoms with Crippen molar-refractivity contribution in [2.75, 3.05) is 95.9 Å². The maximum atomic E-state index is 13.9. The number of pyridine rings is 1. The molecule has 0 spiro atoms. The number of benzene rings is 1. The molecule has 0 unspecified atom stereocenters. The second-order valence-electron chi connectivity index (χ2n) is 19.0. The normalized spacial score (nSPS) is 21.4. The molecule has 2 aromatic carbocycles. The second-order valence-corrected chi connectivity index (χ2v) is 19.0. The molecular formula is C50H66F3N11O9. The number of ether oxygens (including phenoxy) is 3. The maximum Gasteiger partial charge on any atom is 0.416 e. The van der Waals surface area contributed by atoms with Gasteiger partial charge in [0.25, 0.3) is 10.9 Å². The number of amides is 4. The van der Waals surface area contributed by atoms with E-state index >= 15 is 0 Å². The van der Waals surface area contributed by atoms with Crippen LogP contribution in [0.4, 0.5) is 30.4 Å². The number of likely N-dealkylation sites (tertiary alicyclic amines) is 2. The van der Waals surface area contributed by atoms with Crippen molar-refractivity contribution >= 4 is 51.7 Å². The monoisotopic (exact) mass is 1020 g/mol. The second kappa shape index (κ2) is 25.1. The molecule has 7 rings (SSSR count). The standard InChI is InChI=1S/C50H66F3N11O9/c1-30(2)62(3)33-9-11-39(64-18-12-37(49(64)70)61-47-34-25-32(50(51,52)53)8-10-36(34)58-29-59-47)38(26-33)60-40(65)13-19-71-21-23-73-24-22-72-20-17-56-43-42(45(67)46(43)68)55-15-6-16-57-48(69)35-27-41(66)63(4)44(35)31-7-5-14-54-28-31/h5,7-8,10,14,25,28-30,33,35,37-39,44,55-56H,6,9,11-13,15-24,26-27H2,1-4H3,(H,57,69)(H,60,65)(H,58,59,61)/t33-,35+,37+,38-,39+,44-/m1/s1. The van der Waals surface area contributed by atoms with E-state index in [9.17, 15) is 41.9 Å². The van der Waals surface area contributed by atoms with Crippen molar-refractivity contribution in [3.05, 3.63) is 80.6 Å². The molecule has 4 aromatic rings. The van der Waals surface area contributed by atoms with Gasteiger partial charge in [-0.25, -0.2) is 9.97 Å². The Balaban J connectivity index is 0.758. The molecule has 20 nitrogen and oxygen atoms in total. The van der Waals surface area contributed by atoms with Gasteiger partial charge in [0, 0.05) is 75.9 Å². The number of halogens is 3. The smallest absolute Gasteiger partial charge is 0.380 e. The zero-order chi connectivity index (χ0) is 52.2. The lowest BCUT2D eigenvalue weighted by molar-refractivity contribution is -0.137. The van der Waals surface area contributed by atoms with E-state index in [4.69, 9.17) is 14.2 Å². The Morgan fingerprint density at radius 1 is 0.890 bits per heavy atom. The van der Waals surface area contributed by atoms with Crippen LogP contribution in [0.3, 0.4) is 0 Å². The van der Waals surface area contributed by atoms with Gasteiger partial charge in [0.1, 0.15) is 29.6 Å². The van der Waals surface area contributed by atoms with E-state index in [0.717, 1.165) is 24.1 Å². The first-order valence-corrected chi connectivity index (χ1v) is 24.9. The molecule has 0 radical (unpaired) electrons. The summed E-state index contributed by atoms with van der Waals surface area (Å²) in [4.78, 5) is 95.3. The molecule has 1 aliphatic carbocycles. The molecule has 396 valence electrons. The van der Waals surface area contributed by atoms with Crippen molar-refractivity contribution in [3.8, 4) is 0 Å². The van der Waals surface area contributed by atoms with Crippen molar-refractivity contribution in [1.29, 1.82) is 0 Å².